The molecule has 0 bridgehead atoms. The summed E-state index contributed by atoms with van der Waals surface area (Å²) in [4.78, 5) is 11.8. The summed E-state index contributed by atoms with van der Waals surface area (Å²) < 4.78 is 5.42. The van der Waals surface area contributed by atoms with E-state index in [1.54, 1.807) is 12.1 Å². The van der Waals surface area contributed by atoms with Crippen molar-refractivity contribution in [2.75, 3.05) is 19.8 Å². The molecule has 4 heteroatoms. The number of rotatable bonds is 9. The fourth-order valence-electron chi connectivity index (χ4n) is 1.69. The summed E-state index contributed by atoms with van der Waals surface area (Å²) >= 11 is 0. The van der Waals surface area contributed by atoms with Gasteiger partial charge in [0, 0.05) is 25.3 Å². The summed E-state index contributed by atoms with van der Waals surface area (Å²) in [5.41, 5.74) is 1.55. The van der Waals surface area contributed by atoms with Crippen LogP contribution in [0.25, 0.3) is 0 Å². The van der Waals surface area contributed by atoms with E-state index >= 15 is 0 Å². The summed E-state index contributed by atoms with van der Waals surface area (Å²) in [7, 11) is 0. The quantitative estimate of drug-likeness (QED) is 0.704. The monoisotopic (exact) mass is 274 g/mol. The summed E-state index contributed by atoms with van der Waals surface area (Å²) in [6.07, 6.45) is 3.42. The van der Waals surface area contributed by atoms with Gasteiger partial charge in [-0.3, -0.25) is 4.79 Å². The highest BCUT2D eigenvalue weighted by Crippen LogP contribution is 2.04. The van der Waals surface area contributed by atoms with Crippen molar-refractivity contribution < 1.29 is 9.53 Å². The number of nitrogens with one attached hydrogen (secondary N) is 1. The van der Waals surface area contributed by atoms with Crippen LogP contribution >= 0.6 is 0 Å². The van der Waals surface area contributed by atoms with Crippen LogP contribution in [0.2, 0.25) is 0 Å². The minimum absolute atomic E-state index is 0.0814. The molecule has 0 aliphatic rings. The number of carbonyl (C=O) groups excluding carboxylic acids is 1. The Hall–Kier alpha value is -1.86. The first kappa shape index (κ1) is 16.2. The molecule has 1 aromatic carbocycles. The lowest BCUT2D eigenvalue weighted by Gasteiger charge is -2.06. The van der Waals surface area contributed by atoms with Crippen LogP contribution in [-0.4, -0.2) is 25.7 Å². The van der Waals surface area contributed by atoms with Gasteiger partial charge in [-0.1, -0.05) is 25.5 Å². The topological polar surface area (TPSA) is 62.1 Å². The first-order valence-corrected chi connectivity index (χ1v) is 7.09. The van der Waals surface area contributed by atoms with Crippen molar-refractivity contribution in [1.29, 1.82) is 5.26 Å². The molecule has 0 saturated heterocycles. The molecule has 4 nitrogen and oxygen atoms in total. The Kier molecular flexibility index (Phi) is 8.09. The Morgan fingerprint density at radius 2 is 1.95 bits per heavy atom. The summed E-state index contributed by atoms with van der Waals surface area (Å²) in [6, 6.07) is 9.20. The molecule has 1 aromatic rings. The average molecular weight is 274 g/mol. The molecule has 0 saturated carbocycles. The van der Waals surface area contributed by atoms with Crippen LogP contribution in [0.3, 0.4) is 0 Å². The van der Waals surface area contributed by atoms with Crippen LogP contribution in [0.1, 0.15) is 42.1 Å². The van der Waals surface area contributed by atoms with Crippen molar-refractivity contribution in [3.63, 3.8) is 0 Å². The molecule has 1 rings (SSSR count). The van der Waals surface area contributed by atoms with E-state index in [-0.39, 0.29) is 5.91 Å². The highest BCUT2D eigenvalue weighted by molar-refractivity contribution is 5.94. The first-order valence-electron chi connectivity index (χ1n) is 7.09. The number of hydrogen-bond donors (Lipinski definition) is 1. The molecular weight excluding hydrogens is 252 g/mol. The van der Waals surface area contributed by atoms with E-state index < -0.39 is 0 Å². The van der Waals surface area contributed by atoms with E-state index in [4.69, 9.17) is 10.00 Å². The zero-order valence-corrected chi connectivity index (χ0v) is 12.0. The number of unbranched alkanes of at least 4 members (excludes halogenated alkanes) is 1. The predicted octanol–water partition coefficient (Wildman–Crippen LogP) is 2.69. The fourth-order valence-corrected chi connectivity index (χ4v) is 1.69. The zero-order chi connectivity index (χ0) is 14.6. The van der Waals surface area contributed by atoms with Gasteiger partial charge in [-0.25, -0.2) is 0 Å². The van der Waals surface area contributed by atoms with Crippen molar-refractivity contribution >= 4 is 5.91 Å². The zero-order valence-electron chi connectivity index (χ0n) is 12.0. The van der Waals surface area contributed by atoms with Gasteiger partial charge in [0.15, 0.2) is 0 Å². The molecule has 1 N–H and O–H groups in total. The lowest BCUT2D eigenvalue weighted by Crippen LogP contribution is -2.25. The molecule has 0 radical (unpaired) electrons. The van der Waals surface area contributed by atoms with Gasteiger partial charge in [0.05, 0.1) is 12.5 Å². The molecular formula is C16H22N2O2. The largest absolute Gasteiger partial charge is 0.381 e. The van der Waals surface area contributed by atoms with E-state index in [9.17, 15) is 4.79 Å². The summed E-state index contributed by atoms with van der Waals surface area (Å²) in [5.74, 6) is -0.0814. The number of ether oxygens (including phenoxy) is 1. The number of hydrogen-bond acceptors (Lipinski definition) is 3. The SMILES string of the molecule is CCCCOCCCNC(=O)c1ccc(CC#N)cc1. The van der Waals surface area contributed by atoms with Crippen LogP contribution in [-0.2, 0) is 11.2 Å². The Labute approximate surface area is 120 Å². The second-order valence-corrected chi connectivity index (χ2v) is 4.61. The van der Waals surface area contributed by atoms with Crippen molar-refractivity contribution in [3.8, 4) is 6.07 Å². The maximum absolute atomic E-state index is 11.8. The van der Waals surface area contributed by atoms with E-state index in [2.05, 4.69) is 18.3 Å². The van der Waals surface area contributed by atoms with Crippen molar-refractivity contribution in [3.05, 3.63) is 35.4 Å². The van der Waals surface area contributed by atoms with E-state index in [0.29, 0.717) is 25.1 Å². The molecule has 0 aliphatic heterocycles. The molecule has 0 atom stereocenters. The van der Waals surface area contributed by atoms with Crippen molar-refractivity contribution in [2.45, 2.75) is 32.6 Å². The van der Waals surface area contributed by atoms with Gasteiger partial charge in [-0.2, -0.15) is 5.26 Å². The molecule has 108 valence electrons. The Morgan fingerprint density at radius 1 is 1.25 bits per heavy atom. The van der Waals surface area contributed by atoms with Gasteiger partial charge in [0.25, 0.3) is 5.91 Å². The molecule has 0 unspecified atom stereocenters. The smallest absolute Gasteiger partial charge is 0.251 e. The molecule has 0 heterocycles. The third-order valence-electron chi connectivity index (χ3n) is 2.89. The van der Waals surface area contributed by atoms with Gasteiger partial charge in [0.2, 0.25) is 0 Å². The average Bonchev–Trinajstić information content (AvgIpc) is 2.47. The normalized spacial score (nSPS) is 10.0. The van der Waals surface area contributed by atoms with Crippen LogP contribution in [0.4, 0.5) is 0 Å². The first-order chi connectivity index (χ1) is 9.77. The lowest BCUT2D eigenvalue weighted by atomic mass is 10.1. The summed E-state index contributed by atoms with van der Waals surface area (Å²) in [6.45, 7) is 4.22. The molecule has 20 heavy (non-hydrogen) atoms. The van der Waals surface area contributed by atoms with E-state index in [1.807, 2.05) is 12.1 Å². The van der Waals surface area contributed by atoms with Crippen molar-refractivity contribution in [2.24, 2.45) is 0 Å². The minimum Gasteiger partial charge on any atom is -0.381 e. The predicted molar refractivity (Wildman–Crippen MR) is 78.4 cm³/mol. The molecule has 0 aliphatic carbocycles. The second-order valence-electron chi connectivity index (χ2n) is 4.61. The number of amides is 1. The highest BCUT2D eigenvalue weighted by atomic mass is 16.5. The Balaban J connectivity index is 2.20. The number of carbonyl (C=O) groups is 1. The Bertz CT molecular complexity index is 435. The maximum atomic E-state index is 11.8. The van der Waals surface area contributed by atoms with Crippen LogP contribution in [0.5, 0.6) is 0 Å². The van der Waals surface area contributed by atoms with Crippen LogP contribution in [0.15, 0.2) is 24.3 Å². The lowest BCUT2D eigenvalue weighted by molar-refractivity contribution is 0.0940. The van der Waals surface area contributed by atoms with Gasteiger partial charge in [-0.05, 0) is 30.5 Å². The second kappa shape index (κ2) is 9.99. The number of benzene rings is 1. The number of nitriles is 1. The third kappa shape index (κ3) is 6.35. The van der Waals surface area contributed by atoms with Gasteiger partial charge in [0.1, 0.15) is 0 Å². The van der Waals surface area contributed by atoms with E-state index in [0.717, 1.165) is 31.4 Å². The minimum atomic E-state index is -0.0814. The van der Waals surface area contributed by atoms with Crippen LogP contribution < -0.4 is 5.32 Å². The van der Waals surface area contributed by atoms with Crippen LogP contribution in [0, 0.1) is 11.3 Å². The third-order valence-corrected chi connectivity index (χ3v) is 2.89. The van der Waals surface area contributed by atoms with Crippen molar-refractivity contribution in [1.82, 2.24) is 5.32 Å². The Morgan fingerprint density at radius 3 is 2.60 bits per heavy atom. The molecule has 0 fully saturated rings. The van der Waals surface area contributed by atoms with Gasteiger partial charge < -0.3 is 10.1 Å². The summed E-state index contributed by atoms with van der Waals surface area (Å²) in [5, 5.41) is 11.4. The maximum Gasteiger partial charge on any atom is 0.251 e. The molecule has 1 amide bonds. The van der Waals surface area contributed by atoms with E-state index in [1.165, 1.54) is 0 Å². The van der Waals surface area contributed by atoms with Gasteiger partial charge in [-0.15, -0.1) is 0 Å². The molecule has 0 aromatic heterocycles. The highest BCUT2D eigenvalue weighted by Gasteiger charge is 2.04. The van der Waals surface area contributed by atoms with Gasteiger partial charge >= 0.3 is 0 Å². The fraction of sp³-hybridized carbons (Fsp3) is 0.500. The standard InChI is InChI=1S/C16H22N2O2/c1-2-3-12-20-13-4-11-18-16(19)15-7-5-14(6-8-15)9-10-17/h5-8H,2-4,9,11-13H2,1H3,(H,18,19). The number of nitrogens with zero attached hydrogens (tertiary/aromatic N) is 1. The molecule has 0 spiro atoms.